The molecule has 1 heterocycles. The van der Waals surface area contributed by atoms with Gasteiger partial charge in [0.05, 0.1) is 6.20 Å². The van der Waals surface area contributed by atoms with E-state index in [9.17, 15) is 4.79 Å². The third-order valence-corrected chi connectivity index (χ3v) is 2.71. The van der Waals surface area contributed by atoms with Crippen LogP contribution in [0.5, 0.6) is 0 Å². The third-order valence-electron chi connectivity index (χ3n) is 2.71. The minimum absolute atomic E-state index is 0.451. The van der Waals surface area contributed by atoms with Crippen LogP contribution in [0.4, 0.5) is 4.79 Å². The molecule has 0 unspecified atom stereocenters. The van der Waals surface area contributed by atoms with E-state index in [-0.39, 0.29) is 0 Å². The molecule has 0 bridgehead atoms. The molecule has 0 spiro atoms. The van der Waals surface area contributed by atoms with E-state index in [1.54, 1.807) is 12.4 Å². The second-order valence-corrected chi connectivity index (χ2v) is 5.94. The predicted octanol–water partition coefficient (Wildman–Crippen LogP) is 3.57. The number of aryl methyl sites for hydroxylation is 1. The number of hydrogen-bond acceptors (Lipinski definition) is 3. The highest BCUT2D eigenvalue weighted by atomic mass is 16.6. The number of hydrogen-bond donors (Lipinski definition) is 0. The molecule has 0 saturated carbocycles. The molecular weight excluding hydrogens is 252 g/mol. The molecule has 2 rings (SSSR count). The van der Waals surface area contributed by atoms with Gasteiger partial charge in [0, 0.05) is 12.6 Å². The lowest BCUT2D eigenvalue weighted by Gasteiger charge is -2.18. The average molecular weight is 272 g/mol. The summed E-state index contributed by atoms with van der Waals surface area (Å²) in [6.07, 6.45) is 3.72. The van der Waals surface area contributed by atoms with Crippen molar-refractivity contribution in [1.29, 1.82) is 0 Å². The van der Waals surface area contributed by atoms with E-state index in [0.717, 1.165) is 12.0 Å². The Morgan fingerprint density at radius 2 is 2.05 bits per heavy atom. The number of benzene rings is 1. The van der Waals surface area contributed by atoms with Crippen LogP contribution in [-0.2, 0) is 11.2 Å². The van der Waals surface area contributed by atoms with Crippen LogP contribution in [0.3, 0.4) is 0 Å². The molecule has 4 nitrogen and oxygen atoms in total. The minimum Gasteiger partial charge on any atom is -0.442 e. The fourth-order valence-electron chi connectivity index (χ4n) is 1.92. The Kier molecular flexibility index (Phi) is 3.93. The average Bonchev–Trinajstić information content (AvgIpc) is 2.75. The molecular formula is C16H20N2O2. The van der Waals surface area contributed by atoms with Gasteiger partial charge in [-0.3, -0.25) is 0 Å². The van der Waals surface area contributed by atoms with Crippen LogP contribution in [0.1, 0.15) is 37.5 Å². The first kappa shape index (κ1) is 14.3. The minimum atomic E-state index is -0.514. The van der Waals surface area contributed by atoms with Crippen molar-refractivity contribution < 1.29 is 9.53 Å². The van der Waals surface area contributed by atoms with E-state index >= 15 is 0 Å². The first-order valence-electron chi connectivity index (χ1n) is 6.66. The predicted molar refractivity (Wildman–Crippen MR) is 77.8 cm³/mol. The SMILES string of the molecule is Cc1cccc(Cc2cnn(C(=O)OC(C)(C)C)c2)c1. The Morgan fingerprint density at radius 3 is 2.70 bits per heavy atom. The van der Waals surface area contributed by atoms with E-state index in [1.807, 2.05) is 26.8 Å². The van der Waals surface area contributed by atoms with Crippen molar-refractivity contribution >= 4 is 6.09 Å². The first-order chi connectivity index (χ1) is 9.33. The molecule has 0 fully saturated rings. The molecule has 0 N–H and O–H groups in total. The van der Waals surface area contributed by atoms with Crippen LogP contribution < -0.4 is 0 Å². The van der Waals surface area contributed by atoms with Crippen LogP contribution in [0, 0.1) is 6.92 Å². The van der Waals surface area contributed by atoms with E-state index < -0.39 is 11.7 Å². The summed E-state index contributed by atoms with van der Waals surface area (Å²) in [6.45, 7) is 7.57. The number of nitrogens with zero attached hydrogens (tertiary/aromatic N) is 2. The second kappa shape index (κ2) is 5.49. The standard InChI is InChI=1S/C16H20N2O2/c1-12-6-5-7-13(8-12)9-14-10-17-18(11-14)15(19)20-16(2,3)4/h5-8,10-11H,9H2,1-4H3. The monoisotopic (exact) mass is 272 g/mol. The number of carbonyl (C=O) groups excluding carboxylic acids is 1. The molecule has 1 aromatic heterocycles. The van der Waals surface area contributed by atoms with Gasteiger partial charge in [-0.2, -0.15) is 9.78 Å². The van der Waals surface area contributed by atoms with Crippen LogP contribution in [0.15, 0.2) is 36.7 Å². The van der Waals surface area contributed by atoms with Crippen LogP contribution in [0.2, 0.25) is 0 Å². The Morgan fingerprint density at radius 1 is 1.30 bits per heavy atom. The molecule has 0 atom stereocenters. The molecule has 20 heavy (non-hydrogen) atoms. The third kappa shape index (κ3) is 3.95. The summed E-state index contributed by atoms with van der Waals surface area (Å²) in [5.41, 5.74) is 2.90. The van der Waals surface area contributed by atoms with Gasteiger partial charge in [0.2, 0.25) is 0 Å². The maximum absolute atomic E-state index is 11.9. The van der Waals surface area contributed by atoms with Gasteiger partial charge < -0.3 is 4.74 Å². The number of ether oxygens (including phenoxy) is 1. The van der Waals surface area contributed by atoms with Crippen molar-refractivity contribution in [3.05, 3.63) is 53.3 Å². The molecule has 0 aliphatic rings. The Bertz CT molecular complexity index is 609. The Labute approximate surface area is 119 Å². The van der Waals surface area contributed by atoms with Gasteiger partial charge in [-0.05, 0) is 38.8 Å². The highest BCUT2D eigenvalue weighted by Crippen LogP contribution is 2.12. The maximum Gasteiger partial charge on any atom is 0.435 e. The lowest BCUT2D eigenvalue weighted by atomic mass is 10.1. The molecule has 0 amide bonds. The van der Waals surface area contributed by atoms with Gasteiger partial charge in [0.25, 0.3) is 0 Å². The zero-order chi connectivity index (χ0) is 14.8. The molecule has 1 aromatic carbocycles. The van der Waals surface area contributed by atoms with Crippen molar-refractivity contribution in [2.75, 3.05) is 0 Å². The summed E-state index contributed by atoms with van der Waals surface area (Å²) in [6, 6.07) is 8.29. The van der Waals surface area contributed by atoms with E-state index in [0.29, 0.717) is 0 Å². The fraction of sp³-hybridized carbons (Fsp3) is 0.375. The summed E-state index contributed by atoms with van der Waals surface area (Å²) in [5.74, 6) is 0. The highest BCUT2D eigenvalue weighted by Gasteiger charge is 2.18. The first-order valence-corrected chi connectivity index (χ1v) is 6.66. The molecule has 0 saturated heterocycles. The topological polar surface area (TPSA) is 44.1 Å². The van der Waals surface area contributed by atoms with Gasteiger partial charge in [-0.25, -0.2) is 4.79 Å². The van der Waals surface area contributed by atoms with E-state index in [1.165, 1.54) is 15.8 Å². The largest absolute Gasteiger partial charge is 0.442 e. The highest BCUT2D eigenvalue weighted by molar-refractivity contribution is 5.69. The van der Waals surface area contributed by atoms with Gasteiger partial charge >= 0.3 is 6.09 Å². The maximum atomic E-state index is 11.9. The summed E-state index contributed by atoms with van der Waals surface area (Å²) >= 11 is 0. The Hall–Kier alpha value is -2.10. The molecule has 4 heteroatoms. The zero-order valence-electron chi connectivity index (χ0n) is 12.4. The van der Waals surface area contributed by atoms with Crippen molar-refractivity contribution in [2.45, 2.75) is 39.7 Å². The fourth-order valence-corrected chi connectivity index (χ4v) is 1.92. The molecule has 0 aliphatic carbocycles. The molecule has 0 radical (unpaired) electrons. The van der Waals surface area contributed by atoms with Gasteiger partial charge in [-0.1, -0.05) is 29.8 Å². The molecule has 106 valence electrons. The molecule has 0 aliphatic heterocycles. The smallest absolute Gasteiger partial charge is 0.435 e. The summed E-state index contributed by atoms with van der Waals surface area (Å²) in [4.78, 5) is 11.9. The van der Waals surface area contributed by atoms with E-state index in [4.69, 9.17) is 4.74 Å². The summed E-state index contributed by atoms with van der Waals surface area (Å²) < 4.78 is 6.51. The number of rotatable bonds is 2. The van der Waals surface area contributed by atoms with Crippen LogP contribution in [-0.4, -0.2) is 21.5 Å². The second-order valence-electron chi connectivity index (χ2n) is 5.94. The lowest BCUT2D eigenvalue weighted by molar-refractivity contribution is 0.0514. The number of aromatic nitrogens is 2. The van der Waals surface area contributed by atoms with Gasteiger partial charge in [0.1, 0.15) is 5.60 Å². The van der Waals surface area contributed by atoms with Gasteiger partial charge in [-0.15, -0.1) is 0 Å². The van der Waals surface area contributed by atoms with E-state index in [2.05, 4.69) is 30.2 Å². The van der Waals surface area contributed by atoms with Crippen molar-refractivity contribution in [1.82, 2.24) is 9.78 Å². The van der Waals surface area contributed by atoms with Crippen molar-refractivity contribution in [3.63, 3.8) is 0 Å². The quantitative estimate of drug-likeness (QED) is 0.839. The van der Waals surface area contributed by atoms with Crippen molar-refractivity contribution in [3.8, 4) is 0 Å². The Balaban J connectivity index is 2.07. The van der Waals surface area contributed by atoms with Crippen LogP contribution in [0.25, 0.3) is 0 Å². The van der Waals surface area contributed by atoms with Crippen LogP contribution >= 0.6 is 0 Å². The summed E-state index contributed by atoms with van der Waals surface area (Å²) in [5, 5.41) is 4.06. The molecule has 2 aromatic rings. The summed E-state index contributed by atoms with van der Waals surface area (Å²) in [7, 11) is 0. The number of carbonyl (C=O) groups is 1. The van der Waals surface area contributed by atoms with Gasteiger partial charge in [0.15, 0.2) is 0 Å². The van der Waals surface area contributed by atoms with Crippen molar-refractivity contribution in [2.24, 2.45) is 0 Å². The normalized spacial score (nSPS) is 11.4. The zero-order valence-corrected chi connectivity index (χ0v) is 12.4. The lowest BCUT2D eigenvalue weighted by Crippen LogP contribution is -2.27.